The summed E-state index contributed by atoms with van der Waals surface area (Å²) in [7, 11) is 1.69. The highest BCUT2D eigenvalue weighted by atomic mass is 19.1. The van der Waals surface area contributed by atoms with E-state index in [0.717, 1.165) is 12.8 Å². The number of nitrogens with one attached hydrogen (secondary N) is 2. The number of carbonyl (C=O) groups is 2. The second-order valence-corrected chi connectivity index (χ2v) is 6.72. The average Bonchev–Trinajstić information content (AvgIpc) is 2.60. The highest BCUT2D eigenvalue weighted by Crippen LogP contribution is 2.09. The largest absolute Gasteiger partial charge is 0.353 e. The van der Waals surface area contributed by atoms with Crippen LogP contribution in [0.2, 0.25) is 0 Å². The van der Waals surface area contributed by atoms with Gasteiger partial charge < -0.3 is 10.6 Å². The molecular weight excluding hydrogens is 345 g/mol. The summed E-state index contributed by atoms with van der Waals surface area (Å²) >= 11 is 0. The Morgan fingerprint density at radius 1 is 1.04 bits per heavy atom. The Balaban J connectivity index is 1.68. The van der Waals surface area contributed by atoms with Gasteiger partial charge in [0.05, 0.1) is 13.1 Å². The first-order valence-electron chi connectivity index (χ1n) is 8.99. The molecule has 0 saturated heterocycles. The van der Waals surface area contributed by atoms with Crippen LogP contribution in [0.1, 0.15) is 18.9 Å². The van der Waals surface area contributed by atoms with Gasteiger partial charge in [0.1, 0.15) is 5.82 Å². The van der Waals surface area contributed by atoms with Gasteiger partial charge in [0.15, 0.2) is 0 Å². The molecule has 1 atom stereocenters. The van der Waals surface area contributed by atoms with Crippen LogP contribution < -0.4 is 10.6 Å². The minimum Gasteiger partial charge on any atom is -0.353 e. The number of rotatable bonds is 9. The number of hydrogen-bond donors (Lipinski definition) is 2. The van der Waals surface area contributed by atoms with E-state index in [0.29, 0.717) is 5.69 Å². The molecule has 2 rings (SSSR count). The van der Waals surface area contributed by atoms with Gasteiger partial charge in [-0.3, -0.25) is 14.5 Å². The molecular formula is C21H26FN3O2. The van der Waals surface area contributed by atoms with Gasteiger partial charge in [-0.1, -0.05) is 36.4 Å². The van der Waals surface area contributed by atoms with Crippen molar-refractivity contribution >= 4 is 17.5 Å². The third kappa shape index (κ3) is 8.00. The van der Waals surface area contributed by atoms with Crippen molar-refractivity contribution in [2.45, 2.75) is 25.8 Å². The van der Waals surface area contributed by atoms with E-state index >= 15 is 0 Å². The number of likely N-dealkylation sites (N-methyl/N-ethyl adjacent to an activating group) is 1. The van der Waals surface area contributed by atoms with Gasteiger partial charge in [-0.25, -0.2) is 4.39 Å². The molecule has 144 valence electrons. The number of carbonyl (C=O) groups excluding carboxylic acids is 2. The van der Waals surface area contributed by atoms with Crippen molar-refractivity contribution in [2.75, 3.05) is 25.5 Å². The molecule has 0 spiro atoms. The average molecular weight is 371 g/mol. The molecule has 2 aromatic carbocycles. The fourth-order valence-corrected chi connectivity index (χ4v) is 2.73. The van der Waals surface area contributed by atoms with E-state index < -0.39 is 5.82 Å². The van der Waals surface area contributed by atoms with E-state index in [9.17, 15) is 14.0 Å². The maximum atomic E-state index is 13.1. The van der Waals surface area contributed by atoms with Crippen LogP contribution in [-0.4, -0.2) is 42.9 Å². The summed E-state index contributed by atoms with van der Waals surface area (Å²) in [6.45, 7) is 2.13. The summed E-state index contributed by atoms with van der Waals surface area (Å²) in [6.07, 6.45) is 1.74. The summed E-state index contributed by atoms with van der Waals surface area (Å²) in [5, 5.41) is 5.56. The van der Waals surface area contributed by atoms with E-state index in [1.807, 2.05) is 25.1 Å². The Morgan fingerprint density at radius 3 is 2.44 bits per heavy atom. The Kier molecular flexibility index (Phi) is 7.95. The van der Waals surface area contributed by atoms with Crippen LogP contribution >= 0.6 is 0 Å². The maximum absolute atomic E-state index is 13.1. The zero-order chi connectivity index (χ0) is 19.6. The Morgan fingerprint density at radius 2 is 1.74 bits per heavy atom. The second kappa shape index (κ2) is 10.4. The molecule has 1 unspecified atom stereocenters. The molecule has 0 fully saturated rings. The molecule has 5 nitrogen and oxygen atoms in total. The van der Waals surface area contributed by atoms with Gasteiger partial charge >= 0.3 is 0 Å². The maximum Gasteiger partial charge on any atom is 0.238 e. The van der Waals surface area contributed by atoms with E-state index in [4.69, 9.17) is 0 Å². The van der Waals surface area contributed by atoms with Crippen molar-refractivity contribution < 1.29 is 14.0 Å². The highest BCUT2D eigenvalue weighted by molar-refractivity contribution is 5.92. The number of amides is 2. The zero-order valence-electron chi connectivity index (χ0n) is 15.7. The van der Waals surface area contributed by atoms with Crippen LogP contribution in [0.4, 0.5) is 10.1 Å². The summed E-state index contributed by atoms with van der Waals surface area (Å²) in [4.78, 5) is 25.7. The Hall–Kier alpha value is -2.73. The fraction of sp³-hybridized carbons (Fsp3) is 0.333. The van der Waals surface area contributed by atoms with Crippen molar-refractivity contribution in [3.63, 3.8) is 0 Å². The van der Waals surface area contributed by atoms with Crippen LogP contribution in [0.25, 0.3) is 0 Å². The predicted octanol–water partition coefficient (Wildman–Crippen LogP) is 2.83. The molecule has 0 aromatic heterocycles. The Labute approximate surface area is 159 Å². The lowest BCUT2D eigenvalue weighted by Crippen LogP contribution is -2.42. The van der Waals surface area contributed by atoms with Gasteiger partial charge in [-0.05, 0) is 50.6 Å². The molecule has 0 heterocycles. The standard InChI is InChI=1S/C21H26FN3O2/c1-16(11-12-17-7-4-3-5-8-17)23-20(26)14-25(2)15-21(27)24-19-10-6-9-18(22)13-19/h3-10,13,16H,11-12,14-15H2,1-2H3,(H,23,26)(H,24,27). The van der Waals surface area contributed by atoms with Crippen molar-refractivity contribution in [1.29, 1.82) is 0 Å². The molecule has 2 N–H and O–H groups in total. The van der Waals surface area contributed by atoms with Crippen molar-refractivity contribution in [2.24, 2.45) is 0 Å². The lowest BCUT2D eigenvalue weighted by atomic mass is 10.1. The summed E-state index contributed by atoms with van der Waals surface area (Å²) in [5.41, 5.74) is 1.64. The van der Waals surface area contributed by atoms with Gasteiger partial charge in [0.25, 0.3) is 0 Å². The molecule has 0 saturated carbocycles. The monoisotopic (exact) mass is 371 g/mol. The minimum atomic E-state index is -0.412. The normalized spacial score (nSPS) is 11.9. The van der Waals surface area contributed by atoms with Gasteiger partial charge in [-0.2, -0.15) is 0 Å². The van der Waals surface area contributed by atoms with Gasteiger partial charge in [0.2, 0.25) is 11.8 Å². The first-order valence-corrected chi connectivity index (χ1v) is 8.99. The van der Waals surface area contributed by atoms with Crippen LogP contribution in [0.3, 0.4) is 0 Å². The number of aryl methyl sites for hydroxylation is 1. The topological polar surface area (TPSA) is 61.4 Å². The first kappa shape index (κ1) is 20.6. The number of hydrogen-bond acceptors (Lipinski definition) is 3. The Bertz CT molecular complexity index is 752. The number of halogens is 1. The zero-order valence-corrected chi connectivity index (χ0v) is 15.7. The smallest absolute Gasteiger partial charge is 0.238 e. The van der Waals surface area contributed by atoms with Crippen LogP contribution in [0.15, 0.2) is 54.6 Å². The van der Waals surface area contributed by atoms with E-state index in [1.165, 1.54) is 23.8 Å². The fourth-order valence-electron chi connectivity index (χ4n) is 2.73. The van der Waals surface area contributed by atoms with E-state index in [2.05, 4.69) is 22.8 Å². The molecule has 0 bridgehead atoms. The highest BCUT2D eigenvalue weighted by Gasteiger charge is 2.13. The van der Waals surface area contributed by atoms with Gasteiger partial charge in [-0.15, -0.1) is 0 Å². The third-order valence-corrected chi connectivity index (χ3v) is 4.05. The predicted molar refractivity (Wildman–Crippen MR) is 105 cm³/mol. The molecule has 0 aliphatic carbocycles. The number of anilines is 1. The van der Waals surface area contributed by atoms with Crippen molar-refractivity contribution in [1.82, 2.24) is 10.2 Å². The lowest BCUT2D eigenvalue weighted by Gasteiger charge is -2.19. The summed E-state index contributed by atoms with van der Waals surface area (Å²) in [5.74, 6) is -0.838. The molecule has 27 heavy (non-hydrogen) atoms. The molecule has 0 radical (unpaired) electrons. The van der Waals surface area contributed by atoms with Crippen molar-refractivity contribution in [3.8, 4) is 0 Å². The van der Waals surface area contributed by atoms with Crippen LogP contribution in [0.5, 0.6) is 0 Å². The van der Waals surface area contributed by atoms with Gasteiger partial charge in [0, 0.05) is 11.7 Å². The van der Waals surface area contributed by atoms with Crippen LogP contribution in [0, 0.1) is 5.82 Å². The van der Waals surface area contributed by atoms with E-state index in [-0.39, 0.29) is 30.9 Å². The lowest BCUT2D eigenvalue weighted by molar-refractivity contribution is -0.123. The number of benzene rings is 2. The van der Waals surface area contributed by atoms with Crippen molar-refractivity contribution in [3.05, 3.63) is 66.0 Å². The number of nitrogens with zero attached hydrogens (tertiary/aromatic N) is 1. The summed E-state index contributed by atoms with van der Waals surface area (Å²) in [6, 6.07) is 15.9. The molecule has 2 aromatic rings. The van der Waals surface area contributed by atoms with Crippen LogP contribution in [-0.2, 0) is 16.0 Å². The summed E-state index contributed by atoms with van der Waals surface area (Å²) < 4.78 is 13.1. The first-order chi connectivity index (χ1) is 12.9. The molecule has 0 aliphatic rings. The second-order valence-electron chi connectivity index (χ2n) is 6.72. The SMILES string of the molecule is CC(CCc1ccccc1)NC(=O)CN(C)CC(=O)Nc1cccc(F)c1. The quantitative estimate of drug-likeness (QED) is 0.713. The molecule has 0 aliphatic heterocycles. The van der Waals surface area contributed by atoms with E-state index in [1.54, 1.807) is 18.0 Å². The molecule has 6 heteroatoms. The minimum absolute atomic E-state index is 0.0440. The third-order valence-electron chi connectivity index (χ3n) is 4.05. The molecule has 2 amide bonds.